The number of rotatable bonds is 4. The van der Waals surface area contributed by atoms with Crippen molar-refractivity contribution in [2.24, 2.45) is 0 Å². The van der Waals surface area contributed by atoms with Gasteiger partial charge in [-0.05, 0) is 25.2 Å². The van der Waals surface area contributed by atoms with Gasteiger partial charge in [0, 0.05) is 23.0 Å². The molecule has 0 radical (unpaired) electrons. The summed E-state index contributed by atoms with van der Waals surface area (Å²) in [7, 11) is -2.21. The van der Waals surface area contributed by atoms with Crippen molar-refractivity contribution in [3.05, 3.63) is 36.8 Å². The van der Waals surface area contributed by atoms with E-state index in [0.717, 1.165) is 0 Å². The Morgan fingerprint density at radius 1 is 1.32 bits per heavy atom. The third-order valence-electron chi connectivity index (χ3n) is 2.28. The van der Waals surface area contributed by atoms with Crippen LogP contribution in [0.4, 0.5) is 5.69 Å². The number of nitrogens with one attached hydrogen (secondary N) is 1. The van der Waals surface area contributed by atoms with Crippen LogP contribution in [0.15, 0.2) is 51.6 Å². The van der Waals surface area contributed by atoms with Gasteiger partial charge in [0.2, 0.25) is 10.0 Å². The molecule has 0 spiro atoms. The van der Waals surface area contributed by atoms with Gasteiger partial charge >= 0.3 is 0 Å². The minimum atomic E-state index is -3.57. The highest BCUT2D eigenvalue weighted by atomic mass is 32.2. The van der Waals surface area contributed by atoms with E-state index in [-0.39, 0.29) is 4.90 Å². The second-order valence-corrected chi connectivity index (χ2v) is 6.48. The lowest BCUT2D eigenvalue weighted by Crippen LogP contribution is -2.19. The van der Waals surface area contributed by atoms with Crippen LogP contribution < -0.4 is 10.5 Å². The molecule has 0 fully saturated rings. The molecule has 1 aromatic carbocycles. The van der Waals surface area contributed by atoms with Gasteiger partial charge in [-0.25, -0.2) is 18.1 Å². The molecule has 0 saturated heterocycles. The first-order valence-electron chi connectivity index (χ1n) is 5.30. The summed E-state index contributed by atoms with van der Waals surface area (Å²) >= 11 is 1.22. The average Bonchev–Trinajstić information content (AvgIpc) is 2.42. The molecule has 2 rings (SSSR count). The highest BCUT2D eigenvalue weighted by molar-refractivity contribution is 8.00. The van der Waals surface area contributed by atoms with E-state index in [1.165, 1.54) is 24.9 Å². The van der Waals surface area contributed by atoms with Crippen LogP contribution in [-0.4, -0.2) is 25.4 Å². The molecule has 3 N–H and O–H groups in total. The largest absolute Gasteiger partial charge is 0.399 e. The van der Waals surface area contributed by atoms with Crippen molar-refractivity contribution in [1.82, 2.24) is 14.7 Å². The van der Waals surface area contributed by atoms with Crippen LogP contribution in [0.25, 0.3) is 0 Å². The molecule has 1 heterocycles. The van der Waals surface area contributed by atoms with Crippen molar-refractivity contribution in [3.63, 3.8) is 0 Å². The van der Waals surface area contributed by atoms with E-state index in [1.54, 1.807) is 30.7 Å². The van der Waals surface area contributed by atoms with Gasteiger partial charge in [-0.2, -0.15) is 0 Å². The third kappa shape index (κ3) is 3.22. The Morgan fingerprint density at radius 3 is 2.74 bits per heavy atom. The number of nitrogens with zero attached hydrogens (tertiary/aromatic N) is 2. The highest BCUT2D eigenvalue weighted by Gasteiger charge is 2.18. The number of nitrogen functional groups attached to an aromatic ring is 1. The minimum absolute atomic E-state index is 0.130. The van der Waals surface area contributed by atoms with Crippen LogP contribution in [0.2, 0.25) is 0 Å². The number of aromatic nitrogens is 2. The SMILES string of the molecule is CNS(=O)(=O)c1cc(N)ccc1Sc1cnccn1. The molecule has 0 unspecified atom stereocenters. The van der Waals surface area contributed by atoms with Crippen molar-refractivity contribution in [3.8, 4) is 0 Å². The van der Waals surface area contributed by atoms with E-state index in [9.17, 15) is 8.42 Å². The maximum absolute atomic E-state index is 11.9. The summed E-state index contributed by atoms with van der Waals surface area (Å²) in [5.41, 5.74) is 6.03. The fourth-order valence-electron chi connectivity index (χ4n) is 1.38. The van der Waals surface area contributed by atoms with Crippen LogP contribution in [0.1, 0.15) is 0 Å². The monoisotopic (exact) mass is 296 g/mol. The first-order valence-corrected chi connectivity index (χ1v) is 7.60. The predicted molar refractivity (Wildman–Crippen MR) is 73.3 cm³/mol. The summed E-state index contributed by atoms with van der Waals surface area (Å²) in [6, 6.07) is 4.72. The second-order valence-electron chi connectivity index (χ2n) is 3.56. The molecule has 6 nitrogen and oxygen atoms in total. The third-order valence-corrected chi connectivity index (χ3v) is 4.86. The van der Waals surface area contributed by atoms with Gasteiger partial charge in [0.15, 0.2) is 0 Å². The molecular formula is C11H12N4O2S2. The molecule has 0 amide bonds. The average molecular weight is 296 g/mol. The number of nitrogens with two attached hydrogens (primary N) is 1. The number of hydrogen-bond donors (Lipinski definition) is 2. The Labute approximate surface area is 115 Å². The van der Waals surface area contributed by atoms with Crippen LogP contribution in [0.5, 0.6) is 0 Å². The van der Waals surface area contributed by atoms with Crippen LogP contribution >= 0.6 is 11.8 Å². The van der Waals surface area contributed by atoms with E-state index in [2.05, 4.69) is 14.7 Å². The topological polar surface area (TPSA) is 98.0 Å². The first kappa shape index (κ1) is 13.8. The molecule has 1 aromatic heterocycles. The molecule has 0 aliphatic rings. The molecule has 100 valence electrons. The van der Waals surface area contributed by atoms with Gasteiger partial charge in [0.25, 0.3) is 0 Å². The first-order chi connectivity index (χ1) is 9.03. The van der Waals surface area contributed by atoms with E-state index in [0.29, 0.717) is 15.6 Å². The highest BCUT2D eigenvalue weighted by Crippen LogP contribution is 2.32. The maximum Gasteiger partial charge on any atom is 0.241 e. The minimum Gasteiger partial charge on any atom is -0.399 e. The lowest BCUT2D eigenvalue weighted by atomic mass is 10.3. The molecule has 0 atom stereocenters. The maximum atomic E-state index is 11.9. The number of hydrogen-bond acceptors (Lipinski definition) is 6. The molecular weight excluding hydrogens is 284 g/mol. The normalized spacial score (nSPS) is 11.4. The molecule has 8 heteroatoms. The summed E-state index contributed by atoms with van der Waals surface area (Å²) in [5, 5.41) is 0.611. The Kier molecular flexibility index (Phi) is 4.03. The van der Waals surface area contributed by atoms with E-state index in [1.807, 2.05) is 0 Å². The zero-order valence-electron chi connectivity index (χ0n) is 10.1. The lowest BCUT2D eigenvalue weighted by Gasteiger charge is -2.09. The second kappa shape index (κ2) is 5.55. The number of sulfonamides is 1. The standard InChI is InChI=1S/C11H12N4O2S2/c1-13-19(16,17)10-6-8(12)2-3-9(10)18-11-7-14-4-5-15-11/h2-7,13H,12H2,1H3. The van der Waals surface area contributed by atoms with Crippen LogP contribution in [0, 0.1) is 0 Å². The summed E-state index contributed by atoms with van der Waals surface area (Å²) in [6.07, 6.45) is 4.67. The van der Waals surface area contributed by atoms with Gasteiger partial charge in [0.1, 0.15) is 5.03 Å². The molecule has 0 saturated carbocycles. The zero-order chi connectivity index (χ0) is 13.9. The van der Waals surface area contributed by atoms with Crippen LogP contribution in [-0.2, 0) is 10.0 Å². The smallest absolute Gasteiger partial charge is 0.241 e. The fourth-order valence-corrected chi connectivity index (χ4v) is 3.43. The number of benzene rings is 1. The van der Waals surface area contributed by atoms with Gasteiger partial charge in [-0.1, -0.05) is 11.8 Å². The van der Waals surface area contributed by atoms with Crippen LogP contribution in [0.3, 0.4) is 0 Å². The summed E-state index contributed by atoms with van der Waals surface area (Å²) in [5.74, 6) is 0. The lowest BCUT2D eigenvalue weighted by molar-refractivity contribution is 0.586. The van der Waals surface area contributed by atoms with Gasteiger partial charge < -0.3 is 5.73 Å². The van der Waals surface area contributed by atoms with Crippen molar-refractivity contribution >= 4 is 27.5 Å². The Balaban J connectivity index is 2.47. The zero-order valence-corrected chi connectivity index (χ0v) is 11.7. The van der Waals surface area contributed by atoms with E-state index in [4.69, 9.17) is 5.73 Å². The molecule has 19 heavy (non-hydrogen) atoms. The Bertz CT molecular complexity index is 674. The summed E-state index contributed by atoms with van der Waals surface area (Å²) in [6.45, 7) is 0. The molecule has 0 bridgehead atoms. The van der Waals surface area contributed by atoms with Crippen molar-refractivity contribution in [2.45, 2.75) is 14.8 Å². The fraction of sp³-hybridized carbons (Fsp3) is 0.0909. The Hall–Kier alpha value is -1.64. The Morgan fingerprint density at radius 2 is 2.11 bits per heavy atom. The molecule has 0 aliphatic carbocycles. The molecule has 2 aromatic rings. The van der Waals surface area contributed by atoms with E-state index < -0.39 is 10.0 Å². The summed E-state index contributed by atoms with van der Waals surface area (Å²) in [4.78, 5) is 8.71. The van der Waals surface area contributed by atoms with Crippen molar-refractivity contribution < 1.29 is 8.42 Å². The molecule has 0 aliphatic heterocycles. The van der Waals surface area contributed by atoms with Crippen molar-refractivity contribution in [1.29, 1.82) is 0 Å². The quantitative estimate of drug-likeness (QED) is 0.820. The van der Waals surface area contributed by atoms with E-state index >= 15 is 0 Å². The number of anilines is 1. The predicted octanol–water partition coefficient (Wildman–Crippen LogP) is 1.12. The van der Waals surface area contributed by atoms with Gasteiger partial charge in [0.05, 0.1) is 11.1 Å². The summed E-state index contributed by atoms with van der Waals surface area (Å²) < 4.78 is 26.2. The van der Waals surface area contributed by atoms with Crippen molar-refractivity contribution in [2.75, 3.05) is 12.8 Å². The van der Waals surface area contributed by atoms with Gasteiger partial charge in [-0.15, -0.1) is 0 Å². The van der Waals surface area contributed by atoms with Gasteiger partial charge in [-0.3, -0.25) is 4.98 Å².